The minimum atomic E-state index is -0.730. The van der Waals surface area contributed by atoms with E-state index in [9.17, 15) is 13.6 Å². The summed E-state index contributed by atoms with van der Waals surface area (Å²) in [6.45, 7) is 0.216. The van der Waals surface area contributed by atoms with Gasteiger partial charge in [0.1, 0.15) is 17.3 Å². The normalized spacial score (nSPS) is 10.3. The highest BCUT2D eigenvalue weighted by atomic mass is 35.5. The lowest BCUT2D eigenvalue weighted by molar-refractivity contribution is -0.119. The second-order valence-electron chi connectivity index (χ2n) is 4.68. The molecule has 0 radical (unpaired) electrons. The summed E-state index contributed by atoms with van der Waals surface area (Å²) in [6, 6.07) is 10.9. The zero-order chi connectivity index (χ0) is 15.9. The van der Waals surface area contributed by atoms with Crippen molar-refractivity contribution in [1.82, 2.24) is 5.32 Å². The summed E-state index contributed by atoms with van der Waals surface area (Å²) in [6.07, 6.45) is 0.625. The largest absolute Gasteiger partial charge is 0.371 e. The van der Waals surface area contributed by atoms with Crippen LogP contribution < -0.4 is 10.6 Å². The highest BCUT2D eigenvalue weighted by Crippen LogP contribution is 2.17. The van der Waals surface area contributed by atoms with Crippen molar-refractivity contribution in [2.75, 3.05) is 18.4 Å². The molecular weight excluding hydrogens is 310 g/mol. The lowest BCUT2D eigenvalue weighted by Crippen LogP contribution is -2.31. The Morgan fingerprint density at radius 2 is 1.77 bits per heavy atom. The molecule has 0 unspecified atom stereocenters. The molecule has 0 aliphatic heterocycles. The SMILES string of the molecule is O=C(CNc1c(F)cccc1F)NCCc1cccc(Cl)c1. The van der Waals surface area contributed by atoms with E-state index in [1.54, 1.807) is 6.07 Å². The van der Waals surface area contributed by atoms with Gasteiger partial charge in [-0.25, -0.2) is 8.78 Å². The van der Waals surface area contributed by atoms with Crippen LogP contribution in [0.15, 0.2) is 42.5 Å². The van der Waals surface area contributed by atoms with E-state index < -0.39 is 11.6 Å². The van der Waals surface area contributed by atoms with Crippen LogP contribution in [0.2, 0.25) is 5.02 Å². The fourth-order valence-electron chi connectivity index (χ4n) is 1.94. The molecule has 3 nitrogen and oxygen atoms in total. The second kappa shape index (κ2) is 7.75. The first-order valence-corrected chi connectivity index (χ1v) is 7.13. The maximum atomic E-state index is 13.4. The van der Waals surface area contributed by atoms with Crippen LogP contribution in [0, 0.1) is 11.6 Å². The van der Waals surface area contributed by atoms with E-state index in [0.717, 1.165) is 17.7 Å². The van der Waals surface area contributed by atoms with Crippen molar-refractivity contribution in [2.45, 2.75) is 6.42 Å². The third-order valence-electron chi connectivity index (χ3n) is 3.01. The summed E-state index contributed by atoms with van der Waals surface area (Å²) in [5, 5.41) is 5.77. The Balaban J connectivity index is 1.77. The van der Waals surface area contributed by atoms with Crippen LogP contribution in [0.25, 0.3) is 0 Å². The van der Waals surface area contributed by atoms with Crippen molar-refractivity contribution in [1.29, 1.82) is 0 Å². The average molecular weight is 325 g/mol. The lowest BCUT2D eigenvalue weighted by Gasteiger charge is -2.09. The first-order valence-electron chi connectivity index (χ1n) is 6.75. The molecule has 0 fully saturated rings. The van der Waals surface area contributed by atoms with E-state index in [1.807, 2.05) is 18.2 Å². The van der Waals surface area contributed by atoms with Crippen LogP contribution in [0.5, 0.6) is 0 Å². The molecule has 6 heteroatoms. The van der Waals surface area contributed by atoms with Crippen molar-refractivity contribution in [3.63, 3.8) is 0 Å². The van der Waals surface area contributed by atoms with E-state index in [0.29, 0.717) is 18.0 Å². The number of halogens is 3. The van der Waals surface area contributed by atoms with Gasteiger partial charge in [-0.3, -0.25) is 4.79 Å². The van der Waals surface area contributed by atoms with Crippen LogP contribution >= 0.6 is 11.6 Å². The summed E-state index contributed by atoms with van der Waals surface area (Å²) >= 11 is 5.87. The topological polar surface area (TPSA) is 41.1 Å². The van der Waals surface area contributed by atoms with Crippen LogP contribution in [0.4, 0.5) is 14.5 Å². The summed E-state index contributed by atoms with van der Waals surface area (Å²) < 4.78 is 26.7. The van der Waals surface area contributed by atoms with Gasteiger partial charge in [-0.2, -0.15) is 0 Å². The molecule has 116 valence electrons. The molecule has 0 aromatic heterocycles. The Morgan fingerprint density at radius 3 is 2.45 bits per heavy atom. The van der Waals surface area contributed by atoms with Crippen molar-refractivity contribution < 1.29 is 13.6 Å². The van der Waals surface area contributed by atoms with Crippen LogP contribution in [-0.4, -0.2) is 19.0 Å². The number of anilines is 1. The molecule has 2 aromatic carbocycles. The summed E-state index contributed by atoms with van der Waals surface area (Å²) in [4.78, 5) is 11.7. The molecular formula is C16H15ClF2N2O. The maximum Gasteiger partial charge on any atom is 0.239 e. The molecule has 2 rings (SSSR count). The number of hydrogen-bond acceptors (Lipinski definition) is 2. The Morgan fingerprint density at radius 1 is 1.09 bits per heavy atom. The minimum Gasteiger partial charge on any atom is -0.371 e. The number of amides is 1. The Labute approximate surface area is 132 Å². The zero-order valence-corrected chi connectivity index (χ0v) is 12.5. The van der Waals surface area contributed by atoms with Crippen molar-refractivity contribution in [2.24, 2.45) is 0 Å². The van der Waals surface area contributed by atoms with Crippen molar-refractivity contribution >= 4 is 23.2 Å². The Kier molecular flexibility index (Phi) is 5.72. The molecule has 1 amide bonds. The van der Waals surface area contributed by atoms with Crippen LogP contribution in [-0.2, 0) is 11.2 Å². The van der Waals surface area contributed by atoms with Gasteiger partial charge in [0.15, 0.2) is 0 Å². The van der Waals surface area contributed by atoms with Crippen molar-refractivity contribution in [3.8, 4) is 0 Å². The number of benzene rings is 2. The fourth-order valence-corrected chi connectivity index (χ4v) is 2.15. The van der Waals surface area contributed by atoms with Gasteiger partial charge in [-0.05, 0) is 36.2 Å². The van der Waals surface area contributed by atoms with Gasteiger partial charge in [-0.1, -0.05) is 29.8 Å². The highest BCUT2D eigenvalue weighted by Gasteiger charge is 2.09. The monoisotopic (exact) mass is 324 g/mol. The molecule has 2 N–H and O–H groups in total. The summed E-state index contributed by atoms with van der Waals surface area (Å²) in [5.41, 5.74) is 0.702. The van der Waals surface area contributed by atoms with Gasteiger partial charge in [0.2, 0.25) is 5.91 Å². The van der Waals surface area contributed by atoms with E-state index in [2.05, 4.69) is 10.6 Å². The third kappa shape index (κ3) is 4.70. The third-order valence-corrected chi connectivity index (χ3v) is 3.25. The summed E-state index contributed by atoms with van der Waals surface area (Å²) in [7, 11) is 0. The highest BCUT2D eigenvalue weighted by molar-refractivity contribution is 6.30. The Bertz CT molecular complexity index is 644. The number of hydrogen-bond donors (Lipinski definition) is 2. The predicted molar refractivity (Wildman–Crippen MR) is 83.0 cm³/mol. The minimum absolute atomic E-state index is 0.201. The van der Waals surface area contributed by atoms with Crippen LogP contribution in [0.3, 0.4) is 0 Å². The number of para-hydroxylation sites is 1. The van der Waals surface area contributed by atoms with Gasteiger partial charge in [0.25, 0.3) is 0 Å². The fraction of sp³-hybridized carbons (Fsp3) is 0.188. The molecule has 0 aliphatic rings. The first kappa shape index (κ1) is 16.2. The lowest BCUT2D eigenvalue weighted by atomic mass is 10.1. The maximum absolute atomic E-state index is 13.4. The van der Waals surface area contributed by atoms with E-state index in [-0.39, 0.29) is 18.1 Å². The molecule has 0 bridgehead atoms. The van der Waals surface area contributed by atoms with Crippen LogP contribution in [0.1, 0.15) is 5.56 Å². The standard InChI is InChI=1S/C16H15ClF2N2O/c17-12-4-1-3-11(9-12)7-8-20-15(22)10-21-16-13(18)5-2-6-14(16)19/h1-6,9,21H,7-8,10H2,(H,20,22). The molecule has 0 saturated heterocycles. The number of carbonyl (C=O) groups is 1. The van der Waals surface area contributed by atoms with E-state index in [1.165, 1.54) is 6.07 Å². The zero-order valence-electron chi connectivity index (χ0n) is 11.7. The van der Waals surface area contributed by atoms with Gasteiger partial charge < -0.3 is 10.6 Å². The number of carbonyl (C=O) groups excluding carboxylic acids is 1. The van der Waals surface area contributed by atoms with Gasteiger partial charge in [-0.15, -0.1) is 0 Å². The molecule has 0 atom stereocenters. The first-order chi connectivity index (χ1) is 10.6. The quantitative estimate of drug-likeness (QED) is 0.855. The van der Waals surface area contributed by atoms with E-state index in [4.69, 9.17) is 11.6 Å². The Hall–Kier alpha value is -2.14. The van der Waals surface area contributed by atoms with Gasteiger partial charge >= 0.3 is 0 Å². The molecule has 0 heterocycles. The number of nitrogens with one attached hydrogen (secondary N) is 2. The van der Waals surface area contributed by atoms with Crippen molar-refractivity contribution in [3.05, 3.63) is 64.7 Å². The molecule has 2 aromatic rings. The second-order valence-corrected chi connectivity index (χ2v) is 5.12. The molecule has 0 aliphatic carbocycles. The van der Waals surface area contributed by atoms with Gasteiger partial charge in [0, 0.05) is 11.6 Å². The van der Waals surface area contributed by atoms with Gasteiger partial charge in [0.05, 0.1) is 6.54 Å². The summed E-state index contributed by atoms with van der Waals surface area (Å²) in [5.74, 6) is -1.80. The van der Waals surface area contributed by atoms with E-state index >= 15 is 0 Å². The average Bonchev–Trinajstić information content (AvgIpc) is 2.47. The molecule has 0 saturated carbocycles. The predicted octanol–water partition coefficient (Wildman–Crippen LogP) is 3.39. The smallest absolute Gasteiger partial charge is 0.239 e. The molecule has 22 heavy (non-hydrogen) atoms. The molecule has 0 spiro atoms. The number of rotatable bonds is 6.